The van der Waals surface area contributed by atoms with Crippen molar-refractivity contribution in [2.45, 2.75) is 39.8 Å². The molecule has 150 valence electrons. The summed E-state index contributed by atoms with van der Waals surface area (Å²) in [6, 6.07) is 8.00. The minimum Gasteiger partial charge on any atom is -0.493 e. The Morgan fingerprint density at radius 1 is 1.22 bits per heavy atom. The van der Waals surface area contributed by atoms with Gasteiger partial charge in [0.2, 0.25) is 0 Å². The van der Waals surface area contributed by atoms with Gasteiger partial charge < -0.3 is 24.2 Å². The zero-order valence-corrected chi connectivity index (χ0v) is 17.2. The van der Waals surface area contributed by atoms with Gasteiger partial charge >= 0.3 is 0 Å². The van der Waals surface area contributed by atoms with E-state index < -0.39 is 0 Å². The lowest BCUT2D eigenvalue weighted by atomic mass is 10.1. The highest BCUT2D eigenvalue weighted by molar-refractivity contribution is 5.46. The Balaban J connectivity index is 1.91. The molecule has 0 fully saturated rings. The van der Waals surface area contributed by atoms with Crippen LogP contribution in [-0.2, 0) is 19.5 Å². The van der Waals surface area contributed by atoms with Crippen molar-refractivity contribution in [3.63, 3.8) is 0 Å². The van der Waals surface area contributed by atoms with Crippen molar-refractivity contribution in [3.05, 3.63) is 41.3 Å². The maximum Gasteiger partial charge on any atom is 0.165 e. The predicted octanol–water partition coefficient (Wildman–Crippen LogP) is 3.50. The van der Waals surface area contributed by atoms with Gasteiger partial charge in [0.1, 0.15) is 0 Å². The van der Waals surface area contributed by atoms with E-state index in [2.05, 4.69) is 49.4 Å². The summed E-state index contributed by atoms with van der Waals surface area (Å²) in [5, 5.41) is 7.53. The van der Waals surface area contributed by atoms with Crippen LogP contribution in [0.3, 0.4) is 0 Å². The molecule has 2 aromatic rings. The van der Waals surface area contributed by atoms with Gasteiger partial charge in [-0.05, 0) is 38.9 Å². The SMILES string of the molecule is COc1cccc(CNCc2cc(CC(C)C)no2)c1OCCCN(C)C. The van der Waals surface area contributed by atoms with Gasteiger partial charge in [0.15, 0.2) is 17.3 Å². The average molecular weight is 376 g/mol. The molecule has 1 aromatic heterocycles. The highest BCUT2D eigenvalue weighted by atomic mass is 16.5. The second-order valence-electron chi connectivity index (χ2n) is 7.44. The third-order valence-electron chi connectivity index (χ3n) is 4.12. The third-order valence-corrected chi connectivity index (χ3v) is 4.12. The van der Waals surface area contributed by atoms with Crippen LogP contribution in [0.2, 0.25) is 0 Å². The number of para-hydroxylation sites is 1. The molecule has 0 aliphatic carbocycles. The Morgan fingerprint density at radius 3 is 2.74 bits per heavy atom. The number of benzene rings is 1. The molecule has 0 bridgehead atoms. The van der Waals surface area contributed by atoms with E-state index in [1.54, 1.807) is 7.11 Å². The quantitative estimate of drug-likeness (QED) is 0.573. The van der Waals surface area contributed by atoms with Crippen molar-refractivity contribution in [2.75, 3.05) is 34.4 Å². The van der Waals surface area contributed by atoms with Gasteiger partial charge in [-0.15, -0.1) is 0 Å². The van der Waals surface area contributed by atoms with Gasteiger partial charge in [-0.25, -0.2) is 0 Å². The van der Waals surface area contributed by atoms with Crippen LogP contribution in [0.25, 0.3) is 0 Å². The van der Waals surface area contributed by atoms with Crippen LogP contribution < -0.4 is 14.8 Å². The van der Waals surface area contributed by atoms with Crippen molar-refractivity contribution in [1.82, 2.24) is 15.4 Å². The fraction of sp³-hybridized carbons (Fsp3) is 0.571. The Labute approximate surface area is 162 Å². The zero-order valence-electron chi connectivity index (χ0n) is 17.2. The van der Waals surface area contributed by atoms with Crippen molar-refractivity contribution in [1.29, 1.82) is 0 Å². The molecule has 0 aliphatic rings. The van der Waals surface area contributed by atoms with Gasteiger partial charge in [0, 0.05) is 24.7 Å². The summed E-state index contributed by atoms with van der Waals surface area (Å²) in [6.45, 7) is 7.30. The van der Waals surface area contributed by atoms with Crippen molar-refractivity contribution >= 4 is 0 Å². The first kappa shape index (κ1) is 21.3. The molecule has 0 saturated heterocycles. The Hall–Kier alpha value is -2.05. The Bertz CT molecular complexity index is 683. The summed E-state index contributed by atoms with van der Waals surface area (Å²) in [6.07, 6.45) is 1.90. The minimum atomic E-state index is 0.569. The number of methoxy groups -OCH3 is 1. The molecule has 1 heterocycles. The largest absolute Gasteiger partial charge is 0.493 e. The van der Waals surface area contributed by atoms with Gasteiger partial charge in [-0.3, -0.25) is 0 Å². The maximum absolute atomic E-state index is 6.03. The molecular formula is C21H33N3O3. The Kier molecular flexibility index (Phi) is 8.61. The van der Waals surface area contributed by atoms with Crippen LogP contribution in [0.5, 0.6) is 11.5 Å². The first-order chi connectivity index (χ1) is 13.0. The fourth-order valence-corrected chi connectivity index (χ4v) is 2.85. The number of nitrogens with zero attached hydrogens (tertiary/aromatic N) is 2. The van der Waals surface area contributed by atoms with Gasteiger partial charge in [0.25, 0.3) is 0 Å². The summed E-state index contributed by atoms with van der Waals surface area (Å²) >= 11 is 0. The molecule has 6 heteroatoms. The van der Waals surface area contributed by atoms with E-state index in [0.29, 0.717) is 25.6 Å². The number of nitrogens with one attached hydrogen (secondary N) is 1. The van der Waals surface area contributed by atoms with Crippen molar-refractivity contribution in [2.24, 2.45) is 5.92 Å². The first-order valence-corrected chi connectivity index (χ1v) is 9.58. The fourth-order valence-electron chi connectivity index (χ4n) is 2.85. The van der Waals surface area contributed by atoms with Crippen LogP contribution in [0.1, 0.15) is 37.3 Å². The molecule has 0 saturated carbocycles. The van der Waals surface area contributed by atoms with Crippen LogP contribution in [0.4, 0.5) is 0 Å². The summed E-state index contributed by atoms with van der Waals surface area (Å²) in [5.74, 6) is 2.99. The molecule has 0 aliphatic heterocycles. The molecule has 27 heavy (non-hydrogen) atoms. The topological polar surface area (TPSA) is 59.8 Å². The lowest BCUT2D eigenvalue weighted by molar-refractivity contribution is 0.265. The molecule has 0 radical (unpaired) electrons. The highest BCUT2D eigenvalue weighted by Crippen LogP contribution is 2.31. The smallest absolute Gasteiger partial charge is 0.165 e. The lowest BCUT2D eigenvalue weighted by Crippen LogP contribution is -2.17. The van der Waals surface area contributed by atoms with Crippen LogP contribution >= 0.6 is 0 Å². The van der Waals surface area contributed by atoms with E-state index in [1.165, 1.54) is 0 Å². The molecule has 0 spiro atoms. The van der Waals surface area contributed by atoms with E-state index in [9.17, 15) is 0 Å². The number of aromatic nitrogens is 1. The number of hydrogen-bond acceptors (Lipinski definition) is 6. The molecular weight excluding hydrogens is 342 g/mol. The van der Waals surface area contributed by atoms with Crippen molar-refractivity contribution < 1.29 is 14.0 Å². The summed E-state index contributed by atoms with van der Waals surface area (Å²) in [5.41, 5.74) is 2.08. The molecule has 1 N–H and O–H groups in total. The second-order valence-corrected chi connectivity index (χ2v) is 7.44. The molecule has 0 unspecified atom stereocenters. The molecule has 0 amide bonds. The summed E-state index contributed by atoms with van der Waals surface area (Å²) in [4.78, 5) is 2.15. The maximum atomic E-state index is 6.03. The van der Waals surface area contributed by atoms with Gasteiger partial charge in [-0.2, -0.15) is 0 Å². The van der Waals surface area contributed by atoms with E-state index in [1.807, 2.05) is 18.2 Å². The zero-order chi connectivity index (χ0) is 19.6. The number of ether oxygens (including phenoxy) is 2. The van der Waals surface area contributed by atoms with Gasteiger partial charge in [0.05, 0.1) is 26.0 Å². The predicted molar refractivity (Wildman–Crippen MR) is 107 cm³/mol. The second kappa shape index (κ2) is 10.9. The molecule has 2 rings (SSSR count). The van der Waals surface area contributed by atoms with E-state index in [4.69, 9.17) is 14.0 Å². The minimum absolute atomic E-state index is 0.569. The standard InChI is InChI=1S/C21H33N3O3/c1-16(2)12-18-13-19(27-23-18)15-22-14-17-8-6-9-20(25-5)21(17)26-11-7-10-24(3)4/h6,8-9,13,16,22H,7,10-12,14-15H2,1-5H3. The van der Waals surface area contributed by atoms with Crippen LogP contribution in [0.15, 0.2) is 28.8 Å². The normalized spacial score (nSPS) is 11.4. The van der Waals surface area contributed by atoms with Crippen LogP contribution in [0, 0.1) is 5.92 Å². The summed E-state index contributed by atoms with van der Waals surface area (Å²) in [7, 11) is 5.80. The van der Waals surface area contributed by atoms with Crippen LogP contribution in [-0.4, -0.2) is 44.4 Å². The van der Waals surface area contributed by atoms with E-state index >= 15 is 0 Å². The summed E-state index contributed by atoms with van der Waals surface area (Å²) < 4.78 is 16.9. The molecule has 6 nitrogen and oxygen atoms in total. The monoisotopic (exact) mass is 375 g/mol. The van der Waals surface area contributed by atoms with E-state index in [0.717, 1.165) is 47.9 Å². The molecule has 1 aromatic carbocycles. The number of rotatable bonds is 12. The van der Waals surface area contributed by atoms with Crippen molar-refractivity contribution in [3.8, 4) is 11.5 Å². The number of hydrogen-bond donors (Lipinski definition) is 1. The average Bonchev–Trinajstić information content (AvgIpc) is 3.05. The van der Waals surface area contributed by atoms with E-state index in [-0.39, 0.29) is 0 Å². The first-order valence-electron chi connectivity index (χ1n) is 9.58. The highest BCUT2D eigenvalue weighted by Gasteiger charge is 2.11. The third kappa shape index (κ3) is 7.23. The Morgan fingerprint density at radius 2 is 2.04 bits per heavy atom. The van der Waals surface area contributed by atoms with Gasteiger partial charge in [-0.1, -0.05) is 31.1 Å². The molecule has 0 atom stereocenters. The lowest BCUT2D eigenvalue weighted by Gasteiger charge is -2.16.